The van der Waals surface area contributed by atoms with E-state index in [-0.39, 0.29) is 13.2 Å². The number of ether oxygens (including phenoxy) is 1. The maximum atomic E-state index is 12.9. The Hall–Kier alpha value is -0.720. The van der Waals surface area contributed by atoms with Crippen molar-refractivity contribution in [3.63, 3.8) is 0 Å². The summed E-state index contributed by atoms with van der Waals surface area (Å²) in [6.07, 6.45) is -0.557. The Kier molecular flexibility index (Phi) is 8.40. The number of hydrogen-bond acceptors (Lipinski definition) is 4. The first-order chi connectivity index (χ1) is 6.70. The predicted molar refractivity (Wildman–Crippen MR) is 49.5 cm³/mol. The lowest BCUT2D eigenvalue weighted by Gasteiger charge is -2.09. The van der Waals surface area contributed by atoms with Gasteiger partial charge in [-0.05, 0) is 13.0 Å². The Morgan fingerprint density at radius 3 is 2.93 bits per heavy atom. The molecule has 0 saturated heterocycles. The number of carbonyl (C=O) groups excluding carboxylic acids is 1. The molecule has 0 radical (unpaired) electrons. The van der Waals surface area contributed by atoms with Crippen LogP contribution in [0.4, 0.5) is 4.39 Å². The van der Waals surface area contributed by atoms with E-state index >= 15 is 0 Å². The van der Waals surface area contributed by atoms with E-state index in [0.29, 0.717) is 19.6 Å². The molecule has 1 unspecified atom stereocenters. The quantitative estimate of drug-likeness (QED) is 0.437. The maximum absolute atomic E-state index is 12.9. The minimum absolute atomic E-state index is 0.0638. The van der Waals surface area contributed by atoms with Crippen LogP contribution in [0.5, 0.6) is 0 Å². The summed E-state index contributed by atoms with van der Waals surface area (Å²) in [5.74, 6) is -0.588. The van der Waals surface area contributed by atoms with Crippen LogP contribution in [0.2, 0.25) is 0 Å². The third-order valence-corrected chi connectivity index (χ3v) is 1.46. The minimum Gasteiger partial charge on any atom is -0.387 e. The molecule has 1 atom stereocenters. The highest BCUT2D eigenvalue weighted by Crippen LogP contribution is 1.91. The summed E-state index contributed by atoms with van der Waals surface area (Å²) in [4.78, 5) is 10.5. The molecule has 0 aromatic carbocycles. The fourth-order valence-electron chi connectivity index (χ4n) is 0.736. The first-order valence-electron chi connectivity index (χ1n) is 4.50. The second-order valence-electron chi connectivity index (χ2n) is 2.78. The second kappa shape index (κ2) is 8.86. The van der Waals surface area contributed by atoms with Crippen molar-refractivity contribution in [2.24, 2.45) is 5.73 Å². The predicted octanol–water partition coefficient (Wildman–Crippen LogP) is -1.20. The van der Waals surface area contributed by atoms with Crippen molar-refractivity contribution in [3.8, 4) is 0 Å². The van der Waals surface area contributed by atoms with Crippen LogP contribution in [0.3, 0.4) is 0 Å². The molecule has 0 aromatic rings. The molecule has 0 aliphatic carbocycles. The molecule has 0 heterocycles. The molecular weight excluding hydrogens is 191 g/mol. The summed E-state index contributed by atoms with van der Waals surface area (Å²) in [5, 5.41) is 10.5. The van der Waals surface area contributed by atoms with E-state index < -0.39 is 18.7 Å². The van der Waals surface area contributed by atoms with Gasteiger partial charge >= 0.3 is 0 Å². The Balaban J connectivity index is 3.27. The maximum Gasteiger partial charge on any atom is 0.245 e. The minimum atomic E-state index is -1.25. The third kappa shape index (κ3) is 7.90. The number of alkyl halides is 1. The van der Waals surface area contributed by atoms with Crippen molar-refractivity contribution in [1.29, 1.82) is 0 Å². The Morgan fingerprint density at radius 1 is 1.64 bits per heavy atom. The first kappa shape index (κ1) is 13.3. The smallest absolute Gasteiger partial charge is 0.245 e. The average molecular weight is 208 g/mol. The van der Waals surface area contributed by atoms with Crippen LogP contribution < -0.4 is 11.1 Å². The van der Waals surface area contributed by atoms with Gasteiger partial charge in [-0.3, -0.25) is 4.79 Å². The SMILES string of the molecule is NCCCOCC(F)CNC(=O)CO. The Bertz CT molecular complexity index is 158. The van der Waals surface area contributed by atoms with E-state index in [1.165, 1.54) is 0 Å². The molecule has 14 heavy (non-hydrogen) atoms. The number of halogens is 1. The van der Waals surface area contributed by atoms with Gasteiger partial charge in [-0.25, -0.2) is 4.39 Å². The normalized spacial score (nSPS) is 12.5. The van der Waals surface area contributed by atoms with Crippen LogP contribution in [0, 0.1) is 0 Å². The van der Waals surface area contributed by atoms with Crippen molar-refractivity contribution in [3.05, 3.63) is 0 Å². The number of carbonyl (C=O) groups is 1. The van der Waals surface area contributed by atoms with Gasteiger partial charge in [0.25, 0.3) is 0 Å². The molecular formula is C8H17FN2O3. The molecule has 0 spiro atoms. The van der Waals surface area contributed by atoms with Crippen molar-refractivity contribution in [2.75, 3.05) is 32.9 Å². The number of nitrogens with one attached hydrogen (secondary N) is 1. The molecule has 0 aliphatic heterocycles. The van der Waals surface area contributed by atoms with Crippen LogP contribution in [0.15, 0.2) is 0 Å². The number of aliphatic hydroxyl groups excluding tert-OH is 1. The highest BCUT2D eigenvalue weighted by atomic mass is 19.1. The summed E-state index contributed by atoms with van der Waals surface area (Å²) >= 11 is 0. The molecule has 0 bridgehead atoms. The van der Waals surface area contributed by atoms with Gasteiger partial charge in [0.2, 0.25) is 5.91 Å². The average Bonchev–Trinajstić information content (AvgIpc) is 2.21. The highest BCUT2D eigenvalue weighted by molar-refractivity contribution is 5.76. The third-order valence-electron chi connectivity index (χ3n) is 1.46. The summed E-state index contributed by atoms with van der Waals surface area (Å²) in [6, 6.07) is 0. The number of amides is 1. The first-order valence-corrected chi connectivity index (χ1v) is 4.50. The van der Waals surface area contributed by atoms with Crippen LogP contribution in [-0.4, -0.2) is 50.1 Å². The Morgan fingerprint density at radius 2 is 2.36 bits per heavy atom. The fraction of sp³-hybridized carbons (Fsp3) is 0.875. The lowest BCUT2D eigenvalue weighted by molar-refractivity contribution is -0.124. The van der Waals surface area contributed by atoms with E-state index in [1.54, 1.807) is 0 Å². The largest absolute Gasteiger partial charge is 0.387 e. The van der Waals surface area contributed by atoms with Crippen molar-refractivity contribution < 1.29 is 19.0 Å². The van der Waals surface area contributed by atoms with Gasteiger partial charge in [0.05, 0.1) is 13.2 Å². The molecule has 6 heteroatoms. The standard InChI is InChI=1S/C8H17FN2O3/c9-7(4-11-8(13)5-12)6-14-3-1-2-10/h7,12H,1-6,10H2,(H,11,13). The zero-order chi connectivity index (χ0) is 10.8. The second-order valence-corrected chi connectivity index (χ2v) is 2.78. The van der Waals surface area contributed by atoms with Crippen LogP contribution in [0.25, 0.3) is 0 Å². The number of rotatable bonds is 8. The number of hydrogen-bond donors (Lipinski definition) is 3. The van der Waals surface area contributed by atoms with E-state index in [2.05, 4.69) is 5.32 Å². The molecule has 0 fully saturated rings. The van der Waals surface area contributed by atoms with Gasteiger partial charge in [-0.2, -0.15) is 0 Å². The topological polar surface area (TPSA) is 84.6 Å². The van der Waals surface area contributed by atoms with Gasteiger partial charge in [0.15, 0.2) is 0 Å². The molecule has 0 aliphatic rings. The van der Waals surface area contributed by atoms with Gasteiger partial charge in [-0.15, -0.1) is 0 Å². The monoisotopic (exact) mass is 208 g/mol. The van der Waals surface area contributed by atoms with Crippen LogP contribution in [-0.2, 0) is 9.53 Å². The summed E-state index contributed by atoms with van der Waals surface area (Å²) in [5.41, 5.74) is 5.20. The summed E-state index contributed by atoms with van der Waals surface area (Å²) < 4.78 is 17.8. The van der Waals surface area contributed by atoms with E-state index in [0.717, 1.165) is 0 Å². The molecule has 0 saturated carbocycles. The van der Waals surface area contributed by atoms with Gasteiger partial charge < -0.3 is 20.9 Å². The van der Waals surface area contributed by atoms with Gasteiger partial charge in [0, 0.05) is 6.61 Å². The van der Waals surface area contributed by atoms with Crippen molar-refractivity contribution in [1.82, 2.24) is 5.32 Å². The van der Waals surface area contributed by atoms with Crippen molar-refractivity contribution >= 4 is 5.91 Å². The van der Waals surface area contributed by atoms with Crippen LogP contribution >= 0.6 is 0 Å². The van der Waals surface area contributed by atoms with Crippen LogP contribution in [0.1, 0.15) is 6.42 Å². The molecule has 0 aromatic heterocycles. The van der Waals surface area contributed by atoms with Gasteiger partial charge in [0.1, 0.15) is 12.8 Å². The summed E-state index contributed by atoms with van der Waals surface area (Å²) in [6.45, 7) is 0.109. The Labute approximate surface area is 82.4 Å². The lowest BCUT2D eigenvalue weighted by atomic mass is 10.4. The molecule has 1 amide bonds. The zero-order valence-electron chi connectivity index (χ0n) is 8.04. The van der Waals surface area contributed by atoms with E-state index in [9.17, 15) is 9.18 Å². The lowest BCUT2D eigenvalue weighted by Crippen LogP contribution is -2.34. The zero-order valence-corrected chi connectivity index (χ0v) is 8.04. The van der Waals surface area contributed by atoms with Crippen molar-refractivity contribution in [2.45, 2.75) is 12.6 Å². The van der Waals surface area contributed by atoms with Gasteiger partial charge in [-0.1, -0.05) is 0 Å². The molecule has 84 valence electrons. The molecule has 0 rings (SSSR count). The summed E-state index contributed by atoms with van der Waals surface area (Å²) in [7, 11) is 0. The van der Waals surface area contributed by atoms with E-state index in [1.807, 2.05) is 0 Å². The number of aliphatic hydroxyl groups is 1. The fourth-order valence-corrected chi connectivity index (χ4v) is 0.736. The molecule has 5 nitrogen and oxygen atoms in total. The molecule has 4 N–H and O–H groups in total. The number of nitrogens with two attached hydrogens (primary N) is 1. The highest BCUT2D eigenvalue weighted by Gasteiger charge is 2.07. The van der Waals surface area contributed by atoms with E-state index in [4.69, 9.17) is 15.6 Å².